The molecule has 0 aromatic heterocycles. The predicted molar refractivity (Wildman–Crippen MR) is 79.5 cm³/mol. The summed E-state index contributed by atoms with van der Waals surface area (Å²) in [6.45, 7) is 2.18. The molecule has 0 aliphatic rings. The zero-order chi connectivity index (χ0) is 14.7. The summed E-state index contributed by atoms with van der Waals surface area (Å²) >= 11 is 0. The number of nitrogens with two attached hydrogens (primary N) is 1. The van der Waals surface area contributed by atoms with Crippen molar-refractivity contribution in [3.63, 3.8) is 0 Å². The van der Waals surface area contributed by atoms with Crippen LogP contribution in [0.1, 0.15) is 21.5 Å². The van der Waals surface area contributed by atoms with Gasteiger partial charge in [0.15, 0.2) is 0 Å². The van der Waals surface area contributed by atoms with E-state index < -0.39 is 0 Å². The van der Waals surface area contributed by atoms with E-state index in [1.54, 1.807) is 48.3 Å². The third kappa shape index (κ3) is 2.74. The Morgan fingerprint density at radius 1 is 1.20 bits per heavy atom. The van der Waals surface area contributed by atoms with Crippen LogP contribution in [0.25, 0.3) is 0 Å². The number of benzene rings is 2. The van der Waals surface area contributed by atoms with Crippen molar-refractivity contribution in [1.29, 1.82) is 0 Å². The maximum absolute atomic E-state index is 12.4. The number of nitrogens with zero attached hydrogens (tertiary/aromatic N) is 1. The number of nitrogen functional groups attached to an aromatic ring is 1. The van der Waals surface area contributed by atoms with Crippen LogP contribution in [0.15, 0.2) is 42.5 Å². The van der Waals surface area contributed by atoms with Crippen LogP contribution >= 0.6 is 0 Å². The Morgan fingerprint density at radius 3 is 2.60 bits per heavy atom. The van der Waals surface area contributed by atoms with Gasteiger partial charge < -0.3 is 15.7 Å². The molecule has 2 aromatic rings. The molecule has 2 rings (SSSR count). The van der Waals surface area contributed by atoms with Crippen LogP contribution in [0.4, 0.5) is 5.69 Å². The molecule has 0 saturated carbocycles. The van der Waals surface area contributed by atoms with Crippen molar-refractivity contribution >= 4 is 11.6 Å². The van der Waals surface area contributed by atoms with Crippen molar-refractivity contribution in [2.45, 2.75) is 13.5 Å². The lowest BCUT2D eigenvalue weighted by molar-refractivity contribution is 0.0783. The topological polar surface area (TPSA) is 66.6 Å². The maximum atomic E-state index is 12.4. The molecular weight excluding hydrogens is 252 g/mol. The van der Waals surface area contributed by atoms with Crippen molar-refractivity contribution in [2.75, 3.05) is 12.8 Å². The quantitative estimate of drug-likeness (QED) is 0.842. The molecule has 4 heteroatoms. The number of phenolic OH excluding ortho intramolecular Hbond substituents is 1. The van der Waals surface area contributed by atoms with Gasteiger partial charge in [-0.3, -0.25) is 4.79 Å². The monoisotopic (exact) mass is 270 g/mol. The van der Waals surface area contributed by atoms with Gasteiger partial charge in [0.05, 0.1) is 0 Å². The van der Waals surface area contributed by atoms with E-state index in [-0.39, 0.29) is 11.7 Å². The standard InChI is InChI=1S/C16H18N2O2/c1-11-13(7-5-8-14(11)17)16(20)18(2)10-12-6-3-4-9-15(12)19/h3-9,19H,10,17H2,1-2H3. The molecule has 0 fully saturated rings. The Kier molecular flexibility index (Phi) is 3.94. The van der Waals surface area contributed by atoms with Crippen molar-refractivity contribution in [2.24, 2.45) is 0 Å². The molecule has 0 heterocycles. The van der Waals surface area contributed by atoms with E-state index in [0.717, 1.165) is 5.56 Å². The molecule has 0 spiro atoms. The third-order valence-corrected chi connectivity index (χ3v) is 3.35. The van der Waals surface area contributed by atoms with E-state index >= 15 is 0 Å². The summed E-state index contributed by atoms with van der Waals surface area (Å²) in [4.78, 5) is 14.0. The molecular formula is C16H18N2O2. The SMILES string of the molecule is Cc1c(N)cccc1C(=O)N(C)Cc1ccccc1O. The molecule has 1 amide bonds. The summed E-state index contributed by atoms with van der Waals surface area (Å²) in [5.74, 6) is 0.0782. The number of phenols is 1. The molecule has 4 nitrogen and oxygen atoms in total. The molecule has 2 aromatic carbocycles. The van der Waals surface area contributed by atoms with E-state index in [1.165, 1.54) is 0 Å². The average molecular weight is 270 g/mol. The van der Waals surface area contributed by atoms with Crippen molar-refractivity contribution in [1.82, 2.24) is 4.90 Å². The van der Waals surface area contributed by atoms with Gasteiger partial charge in [-0.25, -0.2) is 0 Å². The summed E-state index contributed by atoms with van der Waals surface area (Å²) in [6, 6.07) is 12.3. The molecule has 0 bridgehead atoms. The zero-order valence-corrected chi connectivity index (χ0v) is 11.6. The second-order valence-electron chi connectivity index (χ2n) is 4.81. The minimum Gasteiger partial charge on any atom is -0.508 e. The molecule has 0 unspecified atom stereocenters. The van der Waals surface area contributed by atoms with Gasteiger partial charge >= 0.3 is 0 Å². The van der Waals surface area contributed by atoms with Crippen LogP contribution in [0.3, 0.4) is 0 Å². The fourth-order valence-corrected chi connectivity index (χ4v) is 2.06. The molecule has 0 saturated heterocycles. The number of aromatic hydroxyl groups is 1. The summed E-state index contributed by atoms with van der Waals surface area (Å²) < 4.78 is 0. The third-order valence-electron chi connectivity index (χ3n) is 3.35. The highest BCUT2D eigenvalue weighted by atomic mass is 16.3. The average Bonchev–Trinajstić information content (AvgIpc) is 2.43. The van der Waals surface area contributed by atoms with Crippen LogP contribution in [-0.2, 0) is 6.54 Å². The normalized spacial score (nSPS) is 10.3. The van der Waals surface area contributed by atoms with E-state index in [4.69, 9.17) is 5.73 Å². The Hall–Kier alpha value is -2.49. The van der Waals surface area contributed by atoms with Gasteiger partial charge in [0.1, 0.15) is 5.75 Å². The highest BCUT2D eigenvalue weighted by Crippen LogP contribution is 2.20. The smallest absolute Gasteiger partial charge is 0.254 e. The fraction of sp³-hybridized carbons (Fsp3) is 0.188. The first-order valence-corrected chi connectivity index (χ1v) is 6.38. The Labute approximate surface area is 118 Å². The Balaban J connectivity index is 2.21. The molecule has 3 N–H and O–H groups in total. The van der Waals surface area contributed by atoms with Gasteiger partial charge in [0.2, 0.25) is 0 Å². The van der Waals surface area contributed by atoms with Gasteiger partial charge in [-0.2, -0.15) is 0 Å². The number of hydrogen-bond donors (Lipinski definition) is 2. The van der Waals surface area contributed by atoms with Gasteiger partial charge in [0, 0.05) is 30.4 Å². The largest absolute Gasteiger partial charge is 0.508 e. The molecule has 0 radical (unpaired) electrons. The van der Waals surface area contributed by atoms with E-state index in [9.17, 15) is 9.90 Å². The van der Waals surface area contributed by atoms with E-state index in [2.05, 4.69) is 0 Å². The lowest BCUT2D eigenvalue weighted by Crippen LogP contribution is -2.27. The number of amides is 1. The Morgan fingerprint density at radius 2 is 1.90 bits per heavy atom. The van der Waals surface area contributed by atoms with Gasteiger partial charge in [-0.1, -0.05) is 24.3 Å². The van der Waals surface area contributed by atoms with Crippen LogP contribution in [0, 0.1) is 6.92 Å². The second kappa shape index (κ2) is 5.65. The highest BCUT2D eigenvalue weighted by Gasteiger charge is 2.16. The maximum Gasteiger partial charge on any atom is 0.254 e. The predicted octanol–water partition coefficient (Wildman–Crippen LogP) is 2.56. The highest BCUT2D eigenvalue weighted by molar-refractivity contribution is 5.96. The summed E-state index contributed by atoms with van der Waals surface area (Å²) in [7, 11) is 1.71. The van der Waals surface area contributed by atoms with Gasteiger partial charge in [-0.05, 0) is 30.7 Å². The zero-order valence-electron chi connectivity index (χ0n) is 11.6. The number of para-hydroxylation sites is 1. The van der Waals surface area contributed by atoms with Gasteiger partial charge in [-0.15, -0.1) is 0 Å². The number of hydrogen-bond acceptors (Lipinski definition) is 3. The van der Waals surface area contributed by atoms with Gasteiger partial charge in [0.25, 0.3) is 5.91 Å². The van der Waals surface area contributed by atoms with Crippen molar-refractivity contribution < 1.29 is 9.90 Å². The first-order valence-electron chi connectivity index (χ1n) is 6.38. The first kappa shape index (κ1) is 13.9. The minimum absolute atomic E-state index is 0.113. The van der Waals surface area contributed by atoms with Crippen molar-refractivity contribution in [3.8, 4) is 5.75 Å². The number of anilines is 1. The van der Waals surface area contributed by atoms with Crippen LogP contribution in [0.5, 0.6) is 5.75 Å². The number of carbonyl (C=O) groups is 1. The first-order chi connectivity index (χ1) is 9.50. The summed E-state index contributed by atoms with van der Waals surface area (Å²) in [5, 5.41) is 9.75. The number of rotatable bonds is 3. The molecule has 0 aliphatic carbocycles. The van der Waals surface area contributed by atoms with Crippen molar-refractivity contribution in [3.05, 3.63) is 59.2 Å². The van der Waals surface area contributed by atoms with E-state index in [1.807, 2.05) is 13.0 Å². The summed E-state index contributed by atoms with van der Waals surface area (Å²) in [6.07, 6.45) is 0. The molecule has 20 heavy (non-hydrogen) atoms. The fourth-order valence-electron chi connectivity index (χ4n) is 2.06. The number of carbonyl (C=O) groups excluding carboxylic acids is 1. The lowest BCUT2D eigenvalue weighted by Gasteiger charge is -2.19. The van der Waals surface area contributed by atoms with Crippen LogP contribution < -0.4 is 5.73 Å². The lowest BCUT2D eigenvalue weighted by atomic mass is 10.1. The Bertz CT molecular complexity index is 638. The summed E-state index contributed by atoms with van der Waals surface area (Å²) in [5.41, 5.74) is 8.51. The molecule has 0 atom stereocenters. The van der Waals surface area contributed by atoms with E-state index in [0.29, 0.717) is 23.4 Å². The molecule has 0 aliphatic heterocycles. The van der Waals surface area contributed by atoms with Crippen LogP contribution in [-0.4, -0.2) is 23.0 Å². The van der Waals surface area contributed by atoms with Crippen LogP contribution in [0.2, 0.25) is 0 Å². The minimum atomic E-state index is -0.113. The second-order valence-corrected chi connectivity index (χ2v) is 4.81. The molecule has 104 valence electrons.